The number of nitrogens with two attached hydrogens (primary N) is 1. The average Bonchev–Trinajstić information content (AvgIpc) is 2.37. The number of pyridine rings is 1. The van der Waals surface area contributed by atoms with E-state index in [1.165, 1.54) is 18.5 Å². The Labute approximate surface area is 104 Å². The topological polar surface area (TPSA) is 105 Å². The summed E-state index contributed by atoms with van der Waals surface area (Å²) < 4.78 is 0. The van der Waals surface area contributed by atoms with Crippen LogP contribution in [0.2, 0.25) is 0 Å². The fourth-order valence-electron chi connectivity index (χ4n) is 1.17. The highest BCUT2D eigenvalue weighted by atomic mass is 16.2. The van der Waals surface area contributed by atoms with Crippen LogP contribution in [-0.4, -0.2) is 35.1 Å². The maximum absolute atomic E-state index is 11.7. The zero-order valence-corrected chi connectivity index (χ0v) is 9.64. The van der Waals surface area contributed by atoms with Crippen LogP contribution in [0.25, 0.3) is 0 Å². The molecule has 0 aromatic carbocycles. The van der Waals surface area contributed by atoms with Crippen LogP contribution < -0.4 is 11.1 Å². The highest BCUT2D eigenvalue weighted by molar-refractivity contribution is 5.98. The van der Waals surface area contributed by atoms with Crippen molar-refractivity contribution in [3.63, 3.8) is 0 Å². The maximum atomic E-state index is 11.7. The number of carbonyl (C=O) groups excluding carboxylic acids is 2. The van der Waals surface area contributed by atoms with Gasteiger partial charge in [-0.15, -0.1) is 0 Å². The number of aliphatic hydroxyl groups is 1. The lowest BCUT2D eigenvalue weighted by Crippen LogP contribution is -2.33. The molecule has 18 heavy (non-hydrogen) atoms. The summed E-state index contributed by atoms with van der Waals surface area (Å²) >= 11 is 0. The Morgan fingerprint density at radius 3 is 2.94 bits per heavy atom. The summed E-state index contributed by atoms with van der Waals surface area (Å²) in [5, 5.41) is 11.0. The van der Waals surface area contributed by atoms with E-state index in [1.807, 2.05) is 0 Å². The first-order valence-corrected chi connectivity index (χ1v) is 5.25. The quantitative estimate of drug-likeness (QED) is 0.595. The lowest BCUT2D eigenvalue weighted by molar-refractivity contribution is -0.117. The molecule has 0 atom stereocenters. The predicted octanol–water partition coefficient (Wildman–Crippen LogP) is -0.969. The van der Waals surface area contributed by atoms with Crippen LogP contribution in [0.1, 0.15) is 22.3 Å². The third-order valence-corrected chi connectivity index (χ3v) is 1.95. The number of nitrogens with zero attached hydrogens (tertiary/aromatic N) is 1. The monoisotopic (exact) mass is 247 g/mol. The van der Waals surface area contributed by atoms with Gasteiger partial charge in [-0.2, -0.15) is 0 Å². The van der Waals surface area contributed by atoms with Crippen molar-refractivity contribution < 1.29 is 14.7 Å². The highest BCUT2D eigenvalue weighted by Gasteiger charge is 2.10. The Kier molecular flexibility index (Phi) is 5.35. The van der Waals surface area contributed by atoms with E-state index < -0.39 is 11.8 Å². The molecule has 6 heteroatoms. The molecule has 1 heterocycles. The first-order valence-electron chi connectivity index (χ1n) is 5.25. The van der Waals surface area contributed by atoms with Crippen molar-refractivity contribution in [2.24, 2.45) is 5.73 Å². The van der Waals surface area contributed by atoms with Crippen molar-refractivity contribution in [3.05, 3.63) is 29.6 Å². The molecule has 0 saturated carbocycles. The molecule has 0 unspecified atom stereocenters. The fraction of sp³-hybridized carbons (Fsp3) is 0.250. The fourth-order valence-corrected chi connectivity index (χ4v) is 1.17. The van der Waals surface area contributed by atoms with Crippen LogP contribution in [0.3, 0.4) is 0 Å². The summed E-state index contributed by atoms with van der Waals surface area (Å²) in [6.45, 7) is -0.277. The van der Waals surface area contributed by atoms with Crippen LogP contribution >= 0.6 is 0 Å². The average molecular weight is 247 g/mol. The minimum Gasteiger partial charge on any atom is -0.395 e. The van der Waals surface area contributed by atoms with E-state index in [-0.39, 0.29) is 13.2 Å². The second-order valence-electron chi connectivity index (χ2n) is 3.35. The third-order valence-electron chi connectivity index (χ3n) is 1.95. The van der Waals surface area contributed by atoms with Crippen molar-refractivity contribution in [2.45, 2.75) is 6.42 Å². The van der Waals surface area contributed by atoms with E-state index in [2.05, 4.69) is 22.1 Å². The number of amides is 2. The molecule has 0 fully saturated rings. The van der Waals surface area contributed by atoms with E-state index >= 15 is 0 Å². The van der Waals surface area contributed by atoms with Gasteiger partial charge in [0.2, 0.25) is 5.91 Å². The molecule has 1 aromatic rings. The number of aromatic nitrogens is 1. The van der Waals surface area contributed by atoms with E-state index in [0.29, 0.717) is 17.5 Å². The van der Waals surface area contributed by atoms with Gasteiger partial charge in [0.05, 0.1) is 24.3 Å². The van der Waals surface area contributed by atoms with Crippen molar-refractivity contribution in [3.8, 4) is 11.8 Å². The van der Waals surface area contributed by atoms with Gasteiger partial charge in [-0.05, 0) is 6.07 Å². The molecule has 0 saturated heterocycles. The lowest BCUT2D eigenvalue weighted by atomic mass is 10.1. The standard InChI is InChI=1S/C12H13N3O3/c13-11(17)8-15-12(18)10-4-5-14-7-9(10)3-1-2-6-16/h4-5,7,16H,2,6,8H2,(H2,13,17)(H,15,18). The summed E-state index contributed by atoms with van der Waals surface area (Å²) in [5.74, 6) is 4.37. The number of hydrogen-bond acceptors (Lipinski definition) is 4. The molecule has 4 N–H and O–H groups in total. The van der Waals surface area contributed by atoms with Crippen LogP contribution in [0.15, 0.2) is 18.5 Å². The molecule has 0 aliphatic heterocycles. The molecule has 0 aliphatic carbocycles. The largest absolute Gasteiger partial charge is 0.395 e. The van der Waals surface area contributed by atoms with E-state index in [0.717, 1.165) is 0 Å². The number of rotatable bonds is 4. The van der Waals surface area contributed by atoms with Crippen LogP contribution in [0.5, 0.6) is 0 Å². The number of hydrogen-bond donors (Lipinski definition) is 3. The van der Waals surface area contributed by atoms with E-state index in [4.69, 9.17) is 10.8 Å². The first-order chi connectivity index (χ1) is 8.65. The van der Waals surface area contributed by atoms with Gasteiger partial charge in [-0.1, -0.05) is 11.8 Å². The summed E-state index contributed by atoms with van der Waals surface area (Å²) in [6.07, 6.45) is 3.22. The van der Waals surface area contributed by atoms with Gasteiger partial charge in [-0.3, -0.25) is 14.6 Å². The molecule has 94 valence electrons. The summed E-state index contributed by atoms with van der Waals surface area (Å²) in [4.78, 5) is 26.2. The van der Waals surface area contributed by atoms with Gasteiger partial charge >= 0.3 is 0 Å². The molecule has 1 rings (SSSR count). The zero-order valence-electron chi connectivity index (χ0n) is 9.64. The van der Waals surface area contributed by atoms with Gasteiger partial charge in [0.25, 0.3) is 5.91 Å². The number of carbonyl (C=O) groups is 2. The minimum absolute atomic E-state index is 0.0452. The molecule has 0 bridgehead atoms. The molecular weight excluding hydrogens is 234 g/mol. The second kappa shape index (κ2) is 7.04. The predicted molar refractivity (Wildman–Crippen MR) is 64.3 cm³/mol. The van der Waals surface area contributed by atoms with Gasteiger partial charge < -0.3 is 16.2 Å². The number of nitrogens with one attached hydrogen (secondary N) is 1. The van der Waals surface area contributed by atoms with Gasteiger partial charge in [0, 0.05) is 18.8 Å². The molecule has 1 aromatic heterocycles. The van der Waals surface area contributed by atoms with Gasteiger partial charge in [0.1, 0.15) is 0 Å². The lowest BCUT2D eigenvalue weighted by Gasteiger charge is -2.04. The Morgan fingerprint density at radius 2 is 2.28 bits per heavy atom. The van der Waals surface area contributed by atoms with E-state index in [9.17, 15) is 9.59 Å². The third kappa shape index (κ3) is 4.23. The minimum atomic E-state index is -0.620. The van der Waals surface area contributed by atoms with Gasteiger partial charge in [-0.25, -0.2) is 0 Å². The Morgan fingerprint density at radius 1 is 1.50 bits per heavy atom. The van der Waals surface area contributed by atoms with Gasteiger partial charge in [0.15, 0.2) is 0 Å². The molecule has 0 radical (unpaired) electrons. The van der Waals surface area contributed by atoms with Crippen molar-refractivity contribution in [1.82, 2.24) is 10.3 Å². The van der Waals surface area contributed by atoms with Crippen molar-refractivity contribution in [1.29, 1.82) is 0 Å². The summed E-state index contributed by atoms with van der Waals surface area (Å²) in [5.41, 5.74) is 5.69. The van der Waals surface area contributed by atoms with Crippen LogP contribution in [0, 0.1) is 11.8 Å². The van der Waals surface area contributed by atoms with Crippen LogP contribution in [-0.2, 0) is 4.79 Å². The first kappa shape index (κ1) is 13.7. The Bertz CT molecular complexity index is 503. The molecule has 6 nitrogen and oxygen atoms in total. The second-order valence-corrected chi connectivity index (χ2v) is 3.35. The highest BCUT2D eigenvalue weighted by Crippen LogP contribution is 2.05. The van der Waals surface area contributed by atoms with Crippen molar-refractivity contribution >= 4 is 11.8 Å². The molecule has 0 spiro atoms. The SMILES string of the molecule is NC(=O)CNC(=O)c1ccncc1C#CCCO. The Balaban J connectivity index is 2.85. The van der Waals surface area contributed by atoms with Crippen LogP contribution in [0.4, 0.5) is 0 Å². The number of primary amides is 1. The smallest absolute Gasteiger partial charge is 0.253 e. The van der Waals surface area contributed by atoms with Crippen molar-refractivity contribution in [2.75, 3.05) is 13.2 Å². The molecular formula is C12H13N3O3. The summed E-state index contributed by atoms with van der Waals surface area (Å²) in [6, 6.07) is 1.50. The van der Waals surface area contributed by atoms with E-state index in [1.54, 1.807) is 0 Å². The molecule has 0 aliphatic rings. The summed E-state index contributed by atoms with van der Waals surface area (Å²) in [7, 11) is 0. The molecule has 2 amide bonds. The maximum Gasteiger partial charge on any atom is 0.253 e. The normalized spacial score (nSPS) is 9.17. The Hall–Kier alpha value is -2.39. The number of aliphatic hydroxyl groups excluding tert-OH is 1. The zero-order chi connectivity index (χ0) is 13.4.